The standard InChI is InChI=1S/C16H19N5O2S/c1-11-13-9-12(10-18-16(13)20(2)19-11)24(22,23)21-8-4-6-15(21)14-5-3-7-17-14/h3,5,7,9-10,15,17H,4,6,8H2,1-2H3/t15-/m1/s1. The molecule has 3 aromatic rings. The number of pyridine rings is 1. The lowest BCUT2D eigenvalue weighted by Gasteiger charge is -2.23. The van der Waals surface area contributed by atoms with Crippen LogP contribution in [0.5, 0.6) is 0 Å². The number of aromatic nitrogens is 4. The number of aromatic amines is 1. The smallest absolute Gasteiger partial charge is 0.245 e. The van der Waals surface area contributed by atoms with Crippen molar-refractivity contribution in [1.29, 1.82) is 0 Å². The van der Waals surface area contributed by atoms with Crippen LogP contribution in [0.1, 0.15) is 30.3 Å². The number of fused-ring (bicyclic) bond motifs is 1. The second kappa shape index (κ2) is 5.42. The Morgan fingerprint density at radius 3 is 2.96 bits per heavy atom. The first kappa shape index (κ1) is 15.3. The molecule has 24 heavy (non-hydrogen) atoms. The van der Waals surface area contributed by atoms with Gasteiger partial charge in [-0.25, -0.2) is 13.4 Å². The molecule has 4 rings (SSSR count). The van der Waals surface area contributed by atoms with Crippen molar-refractivity contribution in [2.45, 2.75) is 30.7 Å². The maximum Gasteiger partial charge on any atom is 0.245 e. The highest BCUT2D eigenvalue weighted by atomic mass is 32.2. The van der Waals surface area contributed by atoms with E-state index < -0.39 is 10.0 Å². The van der Waals surface area contributed by atoms with Gasteiger partial charge in [0.05, 0.1) is 11.7 Å². The summed E-state index contributed by atoms with van der Waals surface area (Å²) in [5.74, 6) is 0. The Balaban J connectivity index is 1.78. The Morgan fingerprint density at radius 1 is 1.38 bits per heavy atom. The van der Waals surface area contributed by atoms with Gasteiger partial charge >= 0.3 is 0 Å². The summed E-state index contributed by atoms with van der Waals surface area (Å²) < 4.78 is 29.5. The summed E-state index contributed by atoms with van der Waals surface area (Å²) in [5, 5.41) is 5.08. The lowest BCUT2D eigenvalue weighted by Crippen LogP contribution is -2.31. The summed E-state index contributed by atoms with van der Waals surface area (Å²) in [6, 6.07) is 5.37. The maximum atomic E-state index is 13.1. The van der Waals surface area contributed by atoms with E-state index in [0.29, 0.717) is 12.2 Å². The number of hydrogen-bond donors (Lipinski definition) is 1. The van der Waals surface area contributed by atoms with Crippen molar-refractivity contribution < 1.29 is 8.42 Å². The van der Waals surface area contributed by atoms with Gasteiger partial charge in [-0.1, -0.05) is 0 Å². The summed E-state index contributed by atoms with van der Waals surface area (Å²) in [4.78, 5) is 7.68. The molecule has 4 heterocycles. The van der Waals surface area contributed by atoms with Gasteiger partial charge in [-0.05, 0) is 38.0 Å². The van der Waals surface area contributed by atoms with Gasteiger partial charge in [0.1, 0.15) is 4.90 Å². The number of hydrogen-bond acceptors (Lipinski definition) is 4. The monoisotopic (exact) mass is 345 g/mol. The van der Waals surface area contributed by atoms with Crippen LogP contribution in [-0.2, 0) is 17.1 Å². The van der Waals surface area contributed by atoms with E-state index in [4.69, 9.17) is 0 Å². The van der Waals surface area contributed by atoms with Gasteiger partial charge in [0.2, 0.25) is 10.0 Å². The van der Waals surface area contributed by atoms with Gasteiger partial charge < -0.3 is 4.98 Å². The van der Waals surface area contributed by atoms with E-state index in [2.05, 4.69) is 15.1 Å². The molecule has 0 amide bonds. The molecule has 0 saturated carbocycles. The van der Waals surface area contributed by atoms with E-state index in [9.17, 15) is 8.42 Å². The molecular weight excluding hydrogens is 326 g/mol. The first-order valence-electron chi connectivity index (χ1n) is 7.93. The zero-order valence-electron chi connectivity index (χ0n) is 13.6. The van der Waals surface area contributed by atoms with Crippen LogP contribution in [0.25, 0.3) is 11.0 Å². The van der Waals surface area contributed by atoms with E-state index in [1.54, 1.807) is 22.1 Å². The van der Waals surface area contributed by atoms with E-state index in [0.717, 1.165) is 29.6 Å². The van der Waals surface area contributed by atoms with Crippen LogP contribution in [0.2, 0.25) is 0 Å². The van der Waals surface area contributed by atoms with E-state index in [1.165, 1.54) is 6.20 Å². The number of sulfonamides is 1. The summed E-state index contributed by atoms with van der Waals surface area (Å²) in [5.41, 5.74) is 2.40. The average molecular weight is 345 g/mol. The molecule has 0 spiro atoms. The van der Waals surface area contributed by atoms with Crippen LogP contribution in [0.15, 0.2) is 35.5 Å². The molecule has 0 aliphatic carbocycles. The quantitative estimate of drug-likeness (QED) is 0.788. The molecule has 0 bridgehead atoms. The van der Waals surface area contributed by atoms with Crippen LogP contribution < -0.4 is 0 Å². The number of nitrogens with zero attached hydrogens (tertiary/aromatic N) is 4. The van der Waals surface area contributed by atoms with Crippen LogP contribution >= 0.6 is 0 Å². The molecule has 1 saturated heterocycles. The summed E-state index contributed by atoms with van der Waals surface area (Å²) in [6.07, 6.45) is 4.93. The molecule has 1 aliphatic heterocycles. The highest BCUT2D eigenvalue weighted by Crippen LogP contribution is 2.36. The molecule has 1 aliphatic rings. The summed E-state index contributed by atoms with van der Waals surface area (Å²) in [6.45, 7) is 2.38. The third kappa shape index (κ3) is 2.25. The topological polar surface area (TPSA) is 83.9 Å². The molecule has 1 atom stereocenters. The summed E-state index contributed by atoms with van der Waals surface area (Å²) >= 11 is 0. The first-order chi connectivity index (χ1) is 11.5. The van der Waals surface area contributed by atoms with Crippen LogP contribution in [0.4, 0.5) is 0 Å². The number of rotatable bonds is 3. The number of H-pyrrole nitrogens is 1. The van der Waals surface area contributed by atoms with Crippen molar-refractivity contribution in [2.75, 3.05) is 6.54 Å². The lowest BCUT2D eigenvalue weighted by molar-refractivity contribution is 0.391. The fourth-order valence-electron chi connectivity index (χ4n) is 3.46. The molecule has 126 valence electrons. The van der Waals surface area contributed by atoms with Crippen LogP contribution in [0.3, 0.4) is 0 Å². The second-order valence-electron chi connectivity index (χ2n) is 6.15. The van der Waals surface area contributed by atoms with Crippen molar-refractivity contribution >= 4 is 21.1 Å². The SMILES string of the molecule is Cc1nn(C)c2ncc(S(=O)(=O)N3CCC[C@@H]3c3ccc[nH]3)cc12. The van der Waals surface area contributed by atoms with Crippen molar-refractivity contribution in [3.63, 3.8) is 0 Å². The van der Waals surface area contributed by atoms with Crippen molar-refractivity contribution in [3.8, 4) is 0 Å². The molecule has 0 radical (unpaired) electrons. The first-order valence-corrected chi connectivity index (χ1v) is 9.37. The van der Waals surface area contributed by atoms with E-state index >= 15 is 0 Å². The van der Waals surface area contributed by atoms with Crippen LogP contribution in [0, 0.1) is 6.92 Å². The predicted molar refractivity (Wildman–Crippen MR) is 89.9 cm³/mol. The molecule has 3 aromatic heterocycles. The highest BCUT2D eigenvalue weighted by molar-refractivity contribution is 7.89. The van der Waals surface area contributed by atoms with Gasteiger partial charge in [0.25, 0.3) is 0 Å². The Kier molecular flexibility index (Phi) is 3.47. The van der Waals surface area contributed by atoms with Gasteiger partial charge in [0.15, 0.2) is 5.65 Å². The lowest BCUT2D eigenvalue weighted by atomic mass is 10.2. The maximum absolute atomic E-state index is 13.1. The van der Waals surface area contributed by atoms with Crippen molar-refractivity contribution in [3.05, 3.63) is 42.0 Å². The minimum Gasteiger partial charge on any atom is -0.364 e. The molecule has 8 heteroatoms. The Morgan fingerprint density at radius 2 is 2.21 bits per heavy atom. The minimum absolute atomic E-state index is 0.143. The number of aryl methyl sites for hydroxylation is 2. The highest BCUT2D eigenvalue weighted by Gasteiger charge is 2.37. The number of nitrogens with one attached hydrogen (secondary N) is 1. The van der Waals surface area contributed by atoms with E-state index in [1.807, 2.05) is 25.3 Å². The van der Waals surface area contributed by atoms with Gasteiger partial charge in [0, 0.05) is 37.1 Å². The minimum atomic E-state index is -3.60. The molecule has 7 nitrogen and oxygen atoms in total. The third-order valence-corrected chi connectivity index (χ3v) is 6.50. The molecule has 1 N–H and O–H groups in total. The normalized spacial score (nSPS) is 19.3. The fourth-order valence-corrected chi connectivity index (χ4v) is 5.10. The predicted octanol–water partition coefficient (Wildman–Crippen LogP) is 2.13. The second-order valence-corrected chi connectivity index (χ2v) is 8.04. The largest absolute Gasteiger partial charge is 0.364 e. The van der Waals surface area contributed by atoms with Crippen molar-refractivity contribution in [1.82, 2.24) is 24.1 Å². The molecule has 0 aromatic carbocycles. The zero-order chi connectivity index (χ0) is 16.9. The Bertz CT molecular complexity index is 991. The van der Waals surface area contributed by atoms with Gasteiger partial charge in [-0.15, -0.1) is 0 Å². The van der Waals surface area contributed by atoms with Gasteiger partial charge in [-0.3, -0.25) is 4.68 Å². The molecular formula is C16H19N5O2S. The van der Waals surface area contributed by atoms with Crippen molar-refractivity contribution in [2.24, 2.45) is 7.05 Å². The van der Waals surface area contributed by atoms with Gasteiger partial charge in [-0.2, -0.15) is 9.40 Å². The van der Waals surface area contributed by atoms with Crippen LogP contribution in [-0.4, -0.2) is 39.0 Å². The Labute approximate surface area is 140 Å². The molecule has 0 unspecified atom stereocenters. The molecule has 1 fully saturated rings. The fraction of sp³-hybridized carbons (Fsp3) is 0.375. The Hall–Kier alpha value is -2.19. The zero-order valence-corrected chi connectivity index (χ0v) is 14.4. The third-order valence-electron chi connectivity index (χ3n) is 4.63. The summed E-state index contributed by atoms with van der Waals surface area (Å²) in [7, 11) is -1.80. The van der Waals surface area contributed by atoms with E-state index in [-0.39, 0.29) is 10.9 Å². The average Bonchev–Trinajstić information content (AvgIpc) is 3.28.